The Labute approximate surface area is 96.8 Å². The lowest BCUT2D eigenvalue weighted by molar-refractivity contribution is 0.0610. The molecule has 0 atom stereocenters. The van der Waals surface area contributed by atoms with Crippen molar-refractivity contribution in [3.63, 3.8) is 0 Å². The molecule has 2 fully saturated rings. The molecule has 0 amide bonds. The summed E-state index contributed by atoms with van der Waals surface area (Å²) in [5.41, 5.74) is 0. The highest BCUT2D eigenvalue weighted by atomic mass is 16.5. The molecule has 0 radical (unpaired) electrons. The first kappa shape index (κ1) is 10.3. The number of imidazole rings is 1. The van der Waals surface area contributed by atoms with Gasteiger partial charge in [0.05, 0.1) is 0 Å². The van der Waals surface area contributed by atoms with Crippen LogP contribution in [0.4, 0.5) is 0 Å². The average Bonchev–Trinajstić information content (AvgIpc) is 3.02. The van der Waals surface area contributed by atoms with Crippen molar-refractivity contribution in [3.05, 3.63) is 18.2 Å². The van der Waals surface area contributed by atoms with Crippen molar-refractivity contribution in [2.24, 2.45) is 11.8 Å². The smallest absolute Gasteiger partial charge is 0.108 e. The second-order valence-electron chi connectivity index (χ2n) is 5.20. The molecule has 16 heavy (non-hydrogen) atoms. The van der Waals surface area contributed by atoms with Gasteiger partial charge in [0.2, 0.25) is 0 Å². The molecule has 3 rings (SSSR count). The van der Waals surface area contributed by atoms with Crippen LogP contribution in [0.1, 0.15) is 31.5 Å². The van der Waals surface area contributed by atoms with E-state index in [2.05, 4.69) is 15.7 Å². The second kappa shape index (κ2) is 4.58. The quantitative estimate of drug-likeness (QED) is 0.778. The van der Waals surface area contributed by atoms with Crippen LogP contribution in [0.2, 0.25) is 0 Å². The lowest BCUT2D eigenvalue weighted by atomic mass is 10.0. The molecule has 2 aliphatic rings. The van der Waals surface area contributed by atoms with Crippen LogP contribution in [0.15, 0.2) is 12.4 Å². The summed E-state index contributed by atoms with van der Waals surface area (Å²) in [6.07, 6.45) is 10.5. The predicted molar refractivity (Wildman–Crippen MR) is 62.2 cm³/mol. The number of hydrogen-bond acceptors (Lipinski definition) is 2. The number of aromatic nitrogens is 2. The van der Waals surface area contributed by atoms with Crippen molar-refractivity contribution in [1.29, 1.82) is 0 Å². The van der Waals surface area contributed by atoms with E-state index < -0.39 is 0 Å². The van der Waals surface area contributed by atoms with Crippen molar-refractivity contribution in [2.75, 3.05) is 13.2 Å². The molecule has 1 aromatic rings. The number of hydrogen-bond donors (Lipinski definition) is 0. The molecule has 2 heterocycles. The molecule has 1 saturated carbocycles. The molecular formula is C13H20N2O. The van der Waals surface area contributed by atoms with Crippen molar-refractivity contribution >= 4 is 0 Å². The van der Waals surface area contributed by atoms with Crippen LogP contribution in [0.3, 0.4) is 0 Å². The van der Waals surface area contributed by atoms with Gasteiger partial charge in [0.25, 0.3) is 0 Å². The zero-order valence-electron chi connectivity index (χ0n) is 9.77. The van der Waals surface area contributed by atoms with E-state index >= 15 is 0 Å². The summed E-state index contributed by atoms with van der Waals surface area (Å²) in [6, 6.07) is 0. The zero-order chi connectivity index (χ0) is 10.8. The van der Waals surface area contributed by atoms with Crippen molar-refractivity contribution in [3.8, 4) is 0 Å². The van der Waals surface area contributed by atoms with Crippen LogP contribution in [0.5, 0.6) is 0 Å². The Hall–Kier alpha value is -0.830. The van der Waals surface area contributed by atoms with E-state index in [0.29, 0.717) is 0 Å². The van der Waals surface area contributed by atoms with Crippen LogP contribution in [-0.4, -0.2) is 22.8 Å². The summed E-state index contributed by atoms with van der Waals surface area (Å²) in [5.74, 6) is 3.02. The first-order valence-electron chi connectivity index (χ1n) is 6.49. The van der Waals surface area contributed by atoms with E-state index in [1.165, 1.54) is 37.9 Å². The Morgan fingerprint density at radius 2 is 2.00 bits per heavy atom. The van der Waals surface area contributed by atoms with E-state index in [-0.39, 0.29) is 0 Å². The fourth-order valence-electron chi connectivity index (χ4n) is 2.48. The largest absolute Gasteiger partial charge is 0.381 e. The van der Waals surface area contributed by atoms with E-state index in [4.69, 9.17) is 4.74 Å². The fourth-order valence-corrected chi connectivity index (χ4v) is 2.48. The van der Waals surface area contributed by atoms with Gasteiger partial charge in [0.15, 0.2) is 0 Å². The molecule has 0 bridgehead atoms. The van der Waals surface area contributed by atoms with Gasteiger partial charge in [-0.05, 0) is 37.5 Å². The summed E-state index contributed by atoms with van der Waals surface area (Å²) in [4.78, 5) is 4.49. The maximum absolute atomic E-state index is 5.40. The summed E-state index contributed by atoms with van der Waals surface area (Å²) >= 11 is 0. The van der Waals surface area contributed by atoms with Crippen molar-refractivity contribution < 1.29 is 4.74 Å². The molecule has 1 aliphatic carbocycles. The Balaban J connectivity index is 1.61. The summed E-state index contributed by atoms with van der Waals surface area (Å²) in [6.45, 7) is 3.03. The molecule has 3 heteroatoms. The lowest BCUT2D eigenvalue weighted by Gasteiger charge is -2.23. The van der Waals surface area contributed by atoms with E-state index in [1.54, 1.807) is 0 Å². The van der Waals surface area contributed by atoms with Crippen LogP contribution < -0.4 is 0 Å². The molecule has 0 spiro atoms. The highest BCUT2D eigenvalue weighted by Crippen LogP contribution is 2.32. The maximum Gasteiger partial charge on any atom is 0.108 e. The third kappa shape index (κ3) is 2.46. The summed E-state index contributed by atoms with van der Waals surface area (Å²) < 4.78 is 7.77. The molecule has 88 valence electrons. The first-order chi connectivity index (χ1) is 7.92. The fraction of sp³-hybridized carbons (Fsp3) is 0.769. The van der Waals surface area contributed by atoms with Crippen LogP contribution in [0, 0.1) is 11.8 Å². The lowest BCUT2D eigenvalue weighted by Crippen LogP contribution is -2.21. The number of ether oxygens (including phenoxy) is 1. The molecule has 0 N–H and O–H groups in total. The van der Waals surface area contributed by atoms with Gasteiger partial charge in [-0.3, -0.25) is 0 Å². The van der Waals surface area contributed by atoms with Crippen molar-refractivity contribution in [1.82, 2.24) is 9.55 Å². The van der Waals surface area contributed by atoms with Gasteiger partial charge in [0.1, 0.15) is 5.82 Å². The van der Waals surface area contributed by atoms with E-state index in [9.17, 15) is 0 Å². The van der Waals surface area contributed by atoms with Gasteiger partial charge in [0, 0.05) is 38.6 Å². The minimum Gasteiger partial charge on any atom is -0.381 e. The first-order valence-corrected chi connectivity index (χ1v) is 6.49. The Morgan fingerprint density at radius 1 is 1.19 bits per heavy atom. The van der Waals surface area contributed by atoms with Gasteiger partial charge >= 0.3 is 0 Å². The van der Waals surface area contributed by atoms with Gasteiger partial charge < -0.3 is 9.30 Å². The second-order valence-corrected chi connectivity index (χ2v) is 5.20. The third-order valence-corrected chi connectivity index (χ3v) is 3.77. The third-order valence-electron chi connectivity index (χ3n) is 3.77. The highest BCUT2D eigenvalue weighted by molar-refractivity contribution is 4.97. The minimum absolute atomic E-state index is 0.793. The Kier molecular flexibility index (Phi) is 2.96. The Morgan fingerprint density at radius 3 is 2.75 bits per heavy atom. The van der Waals surface area contributed by atoms with Crippen LogP contribution in [0.25, 0.3) is 0 Å². The predicted octanol–water partition coefficient (Wildman–Crippen LogP) is 2.26. The summed E-state index contributed by atoms with van der Waals surface area (Å²) in [5, 5.41) is 0. The highest BCUT2D eigenvalue weighted by Gasteiger charge is 2.24. The SMILES string of the molecule is c1cn(CC2CCOCC2)c(CC2CC2)n1. The normalized spacial score (nSPS) is 22.5. The molecule has 0 aromatic carbocycles. The topological polar surface area (TPSA) is 27.1 Å². The van der Waals surface area contributed by atoms with Gasteiger partial charge in [-0.2, -0.15) is 0 Å². The van der Waals surface area contributed by atoms with Crippen LogP contribution >= 0.6 is 0 Å². The van der Waals surface area contributed by atoms with Crippen LogP contribution in [-0.2, 0) is 17.7 Å². The molecule has 0 unspecified atom stereocenters. The number of nitrogens with zero attached hydrogens (tertiary/aromatic N) is 2. The molecule has 1 aromatic heterocycles. The maximum atomic E-state index is 5.40. The molecule has 1 saturated heterocycles. The monoisotopic (exact) mass is 220 g/mol. The molecule has 1 aliphatic heterocycles. The molecular weight excluding hydrogens is 200 g/mol. The molecule has 3 nitrogen and oxygen atoms in total. The van der Waals surface area contributed by atoms with Gasteiger partial charge in [-0.15, -0.1) is 0 Å². The minimum atomic E-state index is 0.793. The van der Waals surface area contributed by atoms with Crippen molar-refractivity contribution in [2.45, 2.75) is 38.6 Å². The average molecular weight is 220 g/mol. The number of rotatable bonds is 4. The van der Waals surface area contributed by atoms with E-state index in [0.717, 1.165) is 31.6 Å². The summed E-state index contributed by atoms with van der Waals surface area (Å²) in [7, 11) is 0. The standard InChI is InChI=1S/C13H20N2O/c1-2-11(1)9-13-14-5-6-15(13)10-12-3-7-16-8-4-12/h5-6,11-12H,1-4,7-10H2. The van der Waals surface area contributed by atoms with Gasteiger partial charge in [-0.25, -0.2) is 4.98 Å². The zero-order valence-corrected chi connectivity index (χ0v) is 9.77. The van der Waals surface area contributed by atoms with E-state index in [1.807, 2.05) is 6.20 Å². The van der Waals surface area contributed by atoms with Gasteiger partial charge in [-0.1, -0.05) is 0 Å². The Bertz CT molecular complexity index is 337.